The quantitative estimate of drug-likeness (QED) is 0.458. The largest absolute Gasteiger partial charge is 0.460 e. The van der Waals surface area contributed by atoms with Crippen molar-refractivity contribution in [1.29, 1.82) is 0 Å². The van der Waals surface area contributed by atoms with Crippen molar-refractivity contribution in [2.45, 2.75) is 71.8 Å². The molecule has 0 saturated carbocycles. The monoisotopic (exact) mass is 244 g/mol. The van der Waals surface area contributed by atoms with Crippen LogP contribution in [0.1, 0.15) is 66.2 Å². The van der Waals surface area contributed by atoms with Gasteiger partial charge < -0.3 is 9.47 Å². The molecule has 0 aliphatic rings. The Morgan fingerprint density at radius 3 is 2.24 bits per heavy atom. The maximum atomic E-state index is 11.3. The average molecular weight is 244 g/mol. The van der Waals surface area contributed by atoms with Crippen LogP contribution in [0.2, 0.25) is 0 Å². The van der Waals surface area contributed by atoms with Crippen molar-refractivity contribution in [2.75, 3.05) is 13.2 Å². The van der Waals surface area contributed by atoms with E-state index in [1.165, 1.54) is 25.7 Å². The van der Waals surface area contributed by atoms with E-state index < -0.39 is 5.60 Å². The topological polar surface area (TPSA) is 35.5 Å². The van der Waals surface area contributed by atoms with Crippen molar-refractivity contribution in [3.05, 3.63) is 0 Å². The zero-order chi connectivity index (χ0) is 13.1. The summed E-state index contributed by atoms with van der Waals surface area (Å²) in [5.74, 6) is -0.177. The highest BCUT2D eigenvalue weighted by molar-refractivity contribution is 5.69. The van der Waals surface area contributed by atoms with Crippen LogP contribution in [0.15, 0.2) is 0 Å². The second kappa shape index (κ2) is 9.46. The molecule has 0 aliphatic carbocycles. The number of unbranched alkanes of at least 4 members (excludes halogenated alkanes) is 4. The normalized spacial score (nSPS) is 11.5. The van der Waals surface area contributed by atoms with Crippen molar-refractivity contribution < 1.29 is 14.3 Å². The number of esters is 1. The van der Waals surface area contributed by atoms with E-state index in [1.54, 1.807) is 0 Å². The predicted octanol–water partition coefficient (Wildman–Crippen LogP) is 3.71. The van der Waals surface area contributed by atoms with E-state index >= 15 is 0 Å². The summed E-state index contributed by atoms with van der Waals surface area (Å²) in [6.45, 7) is 9.06. The first-order valence-electron chi connectivity index (χ1n) is 6.75. The summed E-state index contributed by atoms with van der Waals surface area (Å²) in [4.78, 5) is 11.3. The lowest BCUT2D eigenvalue weighted by Gasteiger charge is -2.19. The molecule has 0 unspecified atom stereocenters. The second-order valence-corrected chi connectivity index (χ2v) is 5.36. The van der Waals surface area contributed by atoms with Crippen LogP contribution in [0.4, 0.5) is 0 Å². The van der Waals surface area contributed by atoms with Gasteiger partial charge in [-0.25, -0.2) is 0 Å². The molecule has 17 heavy (non-hydrogen) atoms. The first-order valence-corrected chi connectivity index (χ1v) is 6.75. The number of carbonyl (C=O) groups excluding carboxylic acids is 1. The molecular formula is C14H28O3. The molecule has 102 valence electrons. The van der Waals surface area contributed by atoms with Crippen LogP contribution >= 0.6 is 0 Å². The van der Waals surface area contributed by atoms with Gasteiger partial charge in [0, 0.05) is 6.61 Å². The second-order valence-electron chi connectivity index (χ2n) is 5.36. The smallest absolute Gasteiger partial charge is 0.308 e. The molecule has 0 spiro atoms. The number of carbonyl (C=O) groups is 1. The Bertz CT molecular complexity index is 194. The first kappa shape index (κ1) is 16.4. The molecule has 0 aromatic carbocycles. The average Bonchev–Trinajstić information content (AvgIpc) is 2.19. The minimum Gasteiger partial charge on any atom is -0.460 e. The van der Waals surface area contributed by atoms with Crippen LogP contribution in [0.3, 0.4) is 0 Å². The summed E-state index contributed by atoms with van der Waals surface area (Å²) in [6, 6.07) is 0. The van der Waals surface area contributed by atoms with Crippen LogP contribution in [-0.2, 0) is 14.3 Å². The van der Waals surface area contributed by atoms with E-state index in [9.17, 15) is 4.79 Å². The molecule has 0 aromatic heterocycles. The molecule has 0 aromatic rings. The summed E-state index contributed by atoms with van der Waals surface area (Å²) in [7, 11) is 0. The Balaban J connectivity index is 3.25. The Labute approximate surface area is 106 Å². The third-order valence-corrected chi connectivity index (χ3v) is 2.26. The van der Waals surface area contributed by atoms with Crippen LogP contribution in [0.5, 0.6) is 0 Å². The van der Waals surface area contributed by atoms with E-state index in [4.69, 9.17) is 9.47 Å². The van der Waals surface area contributed by atoms with Crippen LogP contribution in [-0.4, -0.2) is 24.8 Å². The minimum atomic E-state index is -0.392. The van der Waals surface area contributed by atoms with Crippen LogP contribution < -0.4 is 0 Å². The minimum absolute atomic E-state index is 0.177. The Hall–Kier alpha value is -0.570. The van der Waals surface area contributed by atoms with Gasteiger partial charge >= 0.3 is 5.97 Å². The Morgan fingerprint density at radius 2 is 1.65 bits per heavy atom. The molecule has 0 heterocycles. The molecule has 0 amide bonds. The van der Waals surface area contributed by atoms with Crippen LogP contribution in [0.25, 0.3) is 0 Å². The van der Waals surface area contributed by atoms with Crippen molar-refractivity contribution in [3.63, 3.8) is 0 Å². The van der Waals surface area contributed by atoms with Gasteiger partial charge in [0.15, 0.2) is 0 Å². The Kier molecular flexibility index (Phi) is 9.14. The summed E-state index contributed by atoms with van der Waals surface area (Å²) < 4.78 is 10.6. The SMILES string of the molecule is CCCCCCCOCCC(=O)OC(C)(C)C. The summed E-state index contributed by atoms with van der Waals surface area (Å²) in [5, 5.41) is 0. The standard InChI is InChI=1S/C14H28O3/c1-5-6-7-8-9-11-16-12-10-13(15)17-14(2,3)4/h5-12H2,1-4H3. The summed E-state index contributed by atoms with van der Waals surface area (Å²) in [5.41, 5.74) is -0.392. The highest BCUT2D eigenvalue weighted by Crippen LogP contribution is 2.08. The molecule has 0 bridgehead atoms. The van der Waals surface area contributed by atoms with Crippen molar-refractivity contribution in [2.24, 2.45) is 0 Å². The molecule has 0 rings (SSSR count). The Morgan fingerprint density at radius 1 is 1.00 bits per heavy atom. The number of hydrogen-bond donors (Lipinski definition) is 0. The van der Waals surface area contributed by atoms with Crippen molar-refractivity contribution in [3.8, 4) is 0 Å². The highest BCUT2D eigenvalue weighted by atomic mass is 16.6. The maximum absolute atomic E-state index is 11.3. The fourth-order valence-corrected chi connectivity index (χ4v) is 1.46. The maximum Gasteiger partial charge on any atom is 0.308 e. The molecule has 0 fully saturated rings. The van der Waals surface area contributed by atoms with E-state index in [2.05, 4.69) is 6.92 Å². The van der Waals surface area contributed by atoms with Gasteiger partial charge in [0.1, 0.15) is 5.60 Å². The molecule has 0 saturated heterocycles. The van der Waals surface area contributed by atoms with Gasteiger partial charge in [-0.1, -0.05) is 32.6 Å². The van der Waals surface area contributed by atoms with Gasteiger partial charge in [0.25, 0.3) is 0 Å². The lowest BCUT2D eigenvalue weighted by molar-refractivity contribution is -0.156. The summed E-state index contributed by atoms with van der Waals surface area (Å²) in [6.07, 6.45) is 6.52. The van der Waals surface area contributed by atoms with Gasteiger partial charge in [-0.3, -0.25) is 4.79 Å². The van der Waals surface area contributed by atoms with Gasteiger partial charge in [-0.2, -0.15) is 0 Å². The van der Waals surface area contributed by atoms with E-state index in [0.29, 0.717) is 13.0 Å². The number of ether oxygens (including phenoxy) is 2. The molecule has 3 nitrogen and oxygen atoms in total. The number of rotatable bonds is 9. The van der Waals surface area contributed by atoms with Crippen molar-refractivity contribution >= 4 is 5.97 Å². The predicted molar refractivity (Wildman–Crippen MR) is 70.0 cm³/mol. The highest BCUT2D eigenvalue weighted by Gasteiger charge is 2.15. The molecule has 0 aliphatic heterocycles. The molecule has 0 atom stereocenters. The van der Waals surface area contributed by atoms with Gasteiger partial charge in [0.2, 0.25) is 0 Å². The van der Waals surface area contributed by atoms with E-state index in [1.807, 2.05) is 20.8 Å². The van der Waals surface area contributed by atoms with Crippen molar-refractivity contribution in [1.82, 2.24) is 0 Å². The third kappa shape index (κ3) is 13.4. The molecular weight excluding hydrogens is 216 g/mol. The zero-order valence-electron chi connectivity index (χ0n) is 11.9. The zero-order valence-corrected chi connectivity index (χ0v) is 11.9. The lowest BCUT2D eigenvalue weighted by atomic mass is 10.2. The fraction of sp³-hybridized carbons (Fsp3) is 0.929. The third-order valence-electron chi connectivity index (χ3n) is 2.26. The van der Waals surface area contributed by atoms with Crippen LogP contribution in [0, 0.1) is 0 Å². The lowest BCUT2D eigenvalue weighted by Crippen LogP contribution is -2.24. The molecule has 0 N–H and O–H groups in total. The molecule has 3 heteroatoms. The van der Waals surface area contributed by atoms with Gasteiger partial charge in [0.05, 0.1) is 13.0 Å². The first-order chi connectivity index (χ1) is 7.95. The number of hydrogen-bond acceptors (Lipinski definition) is 3. The van der Waals surface area contributed by atoms with E-state index in [-0.39, 0.29) is 5.97 Å². The molecule has 0 radical (unpaired) electrons. The van der Waals surface area contributed by atoms with E-state index in [0.717, 1.165) is 13.0 Å². The van der Waals surface area contributed by atoms with Gasteiger partial charge in [-0.15, -0.1) is 0 Å². The fourth-order valence-electron chi connectivity index (χ4n) is 1.46. The summed E-state index contributed by atoms with van der Waals surface area (Å²) >= 11 is 0. The van der Waals surface area contributed by atoms with Gasteiger partial charge in [-0.05, 0) is 27.2 Å².